The van der Waals surface area contributed by atoms with Gasteiger partial charge in [0, 0.05) is 10.5 Å². The minimum absolute atomic E-state index is 0.153. The van der Waals surface area contributed by atoms with Crippen LogP contribution >= 0.6 is 31.9 Å². The van der Waals surface area contributed by atoms with Gasteiger partial charge in [0.05, 0.1) is 12.8 Å². The first-order valence-electron chi connectivity index (χ1n) is 8.38. The second-order valence-electron chi connectivity index (χ2n) is 6.06. The summed E-state index contributed by atoms with van der Waals surface area (Å²) in [5.74, 6) is -0.429. The van der Waals surface area contributed by atoms with Crippen LogP contribution in [0.3, 0.4) is 0 Å². The molecule has 9 heteroatoms. The average Bonchev–Trinajstić information content (AvgIpc) is 2.65. The summed E-state index contributed by atoms with van der Waals surface area (Å²) in [4.78, 5) is 27.5. The summed E-state index contributed by atoms with van der Waals surface area (Å²) in [7, 11) is 1.30. The summed E-state index contributed by atoms with van der Waals surface area (Å²) in [6, 6.07) is 10.3. The molecule has 0 aliphatic rings. The molecule has 2 aromatic rings. The standard InChI is InChI=1S/C19H20Br2N2O5/c1-11(7-12-3-5-14(6-4-12)28-10-17(24)27-2)22-19(26)18(25)15-8-13(20)9-16(21)23-15/h3-6,8-9,11,18,25H,7,10H2,1-2H3,(H,22,26). The Bertz CT molecular complexity index is 809. The van der Waals surface area contributed by atoms with Crippen molar-refractivity contribution in [3.05, 3.63) is 56.7 Å². The van der Waals surface area contributed by atoms with E-state index < -0.39 is 18.0 Å². The van der Waals surface area contributed by atoms with Crippen LogP contribution in [0, 0.1) is 0 Å². The summed E-state index contributed by atoms with van der Waals surface area (Å²) in [5.41, 5.74) is 1.22. The Morgan fingerprint density at radius 1 is 1.21 bits per heavy atom. The number of halogens is 2. The van der Waals surface area contributed by atoms with E-state index in [1.807, 2.05) is 19.1 Å². The lowest BCUT2D eigenvalue weighted by molar-refractivity contribution is -0.142. The van der Waals surface area contributed by atoms with Crippen LogP contribution in [0.15, 0.2) is 45.5 Å². The molecule has 0 saturated heterocycles. The van der Waals surface area contributed by atoms with Gasteiger partial charge in [-0.3, -0.25) is 4.79 Å². The number of hydrogen-bond donors (Lipinski definition) is 2. The Kier molecular flexibility index (Phi) is 8.40. The number of methoxy groups -OCH3 is 1. The molecule has 1 amide bonds. The Morgan fingerprint density at radius 2 is 1.89 bits per heavy atom. The Balaban J connectivity index is 1.89. The van der Waals surface area contributed by atoms with Crippen molar-refractivity contribution in [3.8, 4) is 5.75 Å². The fourth-order valence-electron chi connectivity index (χ4n) is 2.41. The lowest BCUT2D eigenvalue weighted by Crippen LogP contribution is -2.37. The summed E-state index contributed by atoms with van der Waals surface area (Å²) in [5, 5.41) is 13.0. The highest BCUT2D eigenvalue weighted by Crippen LogP contribution is 2.21. The van der Waals surface area contributed by atoms with Crippen LogP contribution in [-0.2, 0) is 20.7 Å². The topological polar surface area (TPSA) is 97.8 Å². The molecule has 1 aromatic carbocycles. The van der Waals surface area contributed by atoms with Gasteiger partial charge in [0.25, 0.3) is 5.91 Å². The monoisotopic (exact) mass is 514 g/mol. The first-order valence-corrected chi connectivity index (χ1v) is 9.97. The summed E-state index contributed by atoms with van der Waals surface area (Å²) < 4.78 is 11.0. The number of aliphatic hydroxyl groups is 1. The molecular weight excluding hydrogens is 496 g/mol. The van der Waals surface area contributed by atoms with E-state index >= 15 is 0 Å². The molecule has 0 spiro atoms. The lowest BCUT2D eigenvalue weighted by atomic mass is 10.1. The summed E-state index contributed by atoms with van der Waals surface area (Å²) in [6.07, 6.45) is -0.809. The molecule has 0 radical (unpaired) electrons. The Hall–Kier alpha value is -1.97. The fraction of sp³-hybridized carbons (Fsp3) is 0.316. The minimum Gasteiger partial charge on any atom is -0.482 e. The van der Waals surface area contributed by atoms with Crippen LogP contribution < -0.4 is 10.1 Å². The van der Waals surface area contributed by atoms with Crippen molar-refractivity contribution in [2.24, 2.45) is 0 Å². The summed E-state index contributed by atoms with van der Waals surface area (Å²) in [6.45, 7) is 1.69. The van der Waals surface area contributed by atoms with Crippen LogP contribution in [0.4, 0.5) is 0 Å². The van der Waals surface area contributed by atoms with E-state index in [1.165, 1.54) is 7.11 Å². The highest BCUT2D eigenvalue weighted by molar-refractivity contribution is 9.11. The number of ether oxygens (including phenoxy) is 2. The Morgan fingerprint density at radius 3 is 2.50 bits per heavy atom. The van der Waals surface area contributed by atoms with E-state index in [0.29, 0.717) is 21.2 Å². The van der Waals surface area contributed by atoms with Crippen LogP contribution in [-0.4, -0.2) is 41.7 Å². The molecule has 2 atom stereocenters. The SMILES string of the molecule is COC(=O)COc1ccc(CC(C)NC(=O)C(O)c2cc(Br)cc(Br)n2)cc1. The van der Waals surface area contributed by atoms with Gasteiger partial charge in [-0.15, -0.1) is 0 Å². The molecule has 2 rings (SSSR count). The normalized spacial score (nSPS) is 12.8. The smallest absolute Gasteiger partial charge is 0.343 e. The van der Waals surface area contributed by atoms with E-state index in [4.69, 9.17) is 4.74 Å². The number of nitrogens with zero attached hydrogens (tertiary/aromatic N) is 1. The number of carbonyl (C=O) groups is 2. The van der Waals surface area contributed by atoms with E-state index in [-0.39, 0.29) is 18.3 Å². The molecule has 28 heavy (non-hydrogen) atoms. The van der Waals surface area contributed by atoms with Crippen molar-refractivity contribution in [1.29, 1.82) is 0 Å². The molecule has 7 nitrogen and oxygen atoms in total. The first kappa shape index (κ1) is 22.3. The zero-order valence-corrected chi connectivity index (χ0v) is 18.5. The number of carbonyl (C=O) groups excluding carboxylic acids is 2. The number of benzene rings is 1. The maximum atomic E-state index is 12.3. The van der Waals surface area contributed by atoms with E-state index in [1.54, 1.807) is 24.3 Å². The number of hydrogen-bond acceptors (Lipinski definition) is 6. The molecular formula is C19H20Br2N2O5. The molecule has 2 N–H and O–H groups in total. The van der Waals surface area contributed by atoms with Gasteiger partial charge in [-0.05, 0) is 59.1 Å². The zero-order chi connectivity index (χ0) is 20.7. The number of esters is 1. The van der Waals surface area contributed by atoms with Crippen LogP contribution in [0.25, 0.3) is 0 Å². The second-order valence-corrected chi connectivity index (χ2v) is 7.79. The first-order chi connectivity index (χ1) is 13.3. The van der Waals surface area contributed by atoms with Crippen LogP contribution in [0.5, 0.6) is 5.75 Å². The van der Waals surface area contributed by atoms with Gasteiger partial charge in [0.2, 0.25) is 0 Å². The quantitative estimate of drug-likeness (QED) is 0.414. The third kappa shape index (κ3) is 6.88. The third-order valence-electron chi connectivity index (χ3n) is 3.75. The maximum absolute atomic E-state index is 12.3. The molecule has 1 aromatic heterocycles. The molecule has 0 bridgehead atoms. The zero-order valence-electron chi connectivity index (χ0n) is 15.3. The van der Waals surface area contributed by atoms with Crippen LogP contribution in [0.1, 0.15) is 24.3 Å². The third-order valence-corrected chi connectivity index (χ3v) is 4.61. The molecule has 2 unspecified atom stereocenters. The molecule has 150 valence electrons. The summed E-state index contributed by atoms with van der Waals surface area (Å²) >= 11 is 6.54. The largest absolute Gasteiger partial charge is 0.482 e. The van der Waals surface area contributed by atoms with Crippen molar-refractivity contribution in [2.45, 2.75) is 25.5 Å². The van der Waals surface area contributed by atoms with Crippen molar-refractivity contribution in [3.63, 3.8) is 0 Å². The average molecular weight is 516 g/mol. The van der Waals surface area contributed by atoms with Gasteiger partial charge >= 0.3 is 5.97 Å². The van der Waals surface area contributed by atoms with Gasteiger partial charge in [-0.25, -0.2) is 9.78 Å². The number of aromatic nitrogens is 1. The van der Waals surface area contributed by atoms with Crippen molar-refractivity contribution in [2.75, 3.05) is 13.7 Å². The predicted octanol–water partition coefficient (Wildman–Crippen LogP) is 2.94. The molecule has 0 fully saturated rings. The van der Waals surface area contributed by atoms with Gasteiger partial charge in [0.15, 0.2) is 12.7 Å². The van der Waals surface area contributed by atoms with Crippen molar-refractivity contribution < 1.29 is 24.2 Å². The highest BCUT2D eigenvalue weighted by atomic mass is 79.9. The van der Waals surface area contributed by atoms with E-state index in [0.717, 1.165) is 5.56 Å². The Labute approximate surface area is 179 Å². The van der Waals surface area contributed by atoms with Gasteiger partial charge in [-0.1, -0.05) is 28.1 Å². The predicted molar refractivity (Wildman–Crippen MR) is 110 cm³/mol. The van der Waals surface area contributed by atoms with Gasteiger partial charge < -0.3 is 19.9 Å². The number of aliphatic hydroxyl groups excluding tert-OH is 1. The van der Waals surface area contributed by atoms with E-state index in [9.17, 15) is 14.7 Å². The van der Waals surface area contributed by atoms with Gasteiger partial charge in [-0.2, -0.15) is 0 Å². The molecule has 0 aliphatic heterocycles. The molecule has 0 saturated carbocycles. The number of rotatable bonds is 8. The van der Waals surface area contributed by atoms with Crippen molar-refractivity contribution >= 4 is 43.7 Å². The van der Waals surface area contributed by atoms with Crippen LogP contribution in [0.2, 0.25) is 0 Å². The molecule has 1 heterocycles. The minimum atomic E-state index is -1.37. The number of nitrogens with one attached hydrogen (secondary N) is 1. The highest BCUT2D eigenvalue weighted by Gasteiger charge is 2.21. The van der Waals surface area contributed by atoms with Crippen molar-refractivity contribution in [1.82, 2.24) is 10.3 Å². The van der Waals surface area contributed by atoms with Gasteiger partial charge in [0.1, 0.15) is 10.4 Å². The maximum Gasteiger partial charge on any atom is 0.343 e. The molecule has 0 aliphatic carbocycles. The number of pyridine rings is 1. The van der Waals surface area contributed by atoms with E-state index in [2.05, 4.69) is 46.9 Å². The second kappa shape index (κ2) is 10.5. The fourth-order valence-corrected chi connectivity index (χ4v) is 3.62. The lowest BCUT2D eigenvalue weighted by Gasteiger charge is -2.17. The number of amides is 1.